The first-order chi connectivity index (χ1) is 9.38. The van der Waals surface area contributed by atoms with Gasteiger partial charge in [0.25, 0.3) is 0 Å². The number of rotatable bonds is 4. The first-order valence-corrected chi connectivity index (χ1v) is 7.38. The van der Waals surface area contributed by atoms with E-state index in [4.69, 9.17) is 5.73 Å². The summed E-state index contributed by atoms with van der Waals surface area (Å²) in [6.45, 7) is 6.32. The Morgan fingerprint density at radius 3 is 2.74 bits per heavy atom. The first-order valence-electron chi connectivity index (χ1n) is 7.38. The summed E-state index contributed by atoms with van der Waals surface area (Å²) < 4.78 is 0. The highest BCUT2D eigenvalue weighted by molar-refractivity contribution is 5.50. The molecule has 5 heteroatoms. The van der Waals surface area contributed by atoms with Crippen molar-refractivity contribution < 1.29 is 0 Å². The van der Waals surface area contributed by atoms with Crippen LogP contribution in [0, 0.1) is 0 Å². The van der Waals surface area contributed by atoms with Crippen LogP contribution in [-0.2, 0) is 12.8 Å². The Kier molecular flexibility index (Phi) is 3.94. The molecule has 1 aromatic heterocycles. The maximum atomic E-state index is 5.57. The molecule has 1 fully saturated rings. The third-order valence-electron chi connectivity index (χ3n) is 4.20. The second-order valence-corrected chi connectivity index (χ2v) is 5.45. The number of hydrogen-bond donors (Lipinski definition) is 1. The number of nitrogens with two attached hydrogens (primary N) is 1. The quantitative estimate of drug-likeness (QED) is 0.852. The van der Waals surface area contributed by atoms with Crippen LogP contribution in [0.3, 0.4) is 0 Å². The average molecular weight is 261 g/mol. The molecule has 0 amide bonds. The fourth-order valence-electron chi connectivity index (χ4n) is 3.11. The van der Waals surface area contributed by atoms with Crippen LogP contribution in [0.5, 0.6) is 0 Å². The molecule has 3 rings (SSSR count). The van der Waals surface area contributed by atoms with Crippen molar-refractivity contribution in [3.8, 4) is 0 Å². The van der Waals surface area contributed by atoms with Crippen LogP contribution >= 0.6 is 0 Å². The molecule has 1 aliphatic heterocycles. The molecular formula is C14H23N5. The molecule has 19 heavy (non-hydrogen) atoms. The fourth-order valence-corrected chi connectivity index (χ4v) is 3.11. The Morgan fingerprint density at radius 1 is 1.11 bits per heavy atom. The van der Waals surface area contributed by atoms with Gasteiger partial charge in [0.05, 0.1) is 0 Å². The molecule has 104 valence electrons. The van der Waals surface area contributed by atoms with E-state index in [0.717, 1.165) is 58.5 Å². The zero-order valence-electron chi connectivity index (χ0n) is 11.5. The van der Waals surface area contributed by atoms with Gasteiger partial charge in [0.15, 0.2) is 0 Å². The zero-order valence-corrected chi connectivity index (χ0v) is 11.5. The predicted octanol–water partition coefficient (Wildman–Crippen LogP) is 0.436. The Balaban J connectivity index is 1.64. The van der Waals surface area contributed by atoms with E-state index in [1.165, 1.54) is 23.5 Å². The van der Waals surface area contributed by atoms with Crippen molar-refractivity contribution in [3.63, 3.8) is 0 Å². The molecule has 0 aromatic carbocycles. The van der Waals surface area contributed by atoms with Gasteiger partial charge in [-0.25, -0.2) is 9.97 Å². The third-order valence-corrected chi connectivity index (χ3v) is 4.20. The second kappa shape index (κ2) is 5.84. The van der Waals surface area contributed by atoms with Crippen LogP contribution in [0.1, 0.15) is 24.1 Å². The molecule has 5 nitrogen and oxygen atoms in total. The number of anilines is 1. The predicted molar refractivity (Wildman–Crippen MR) is 76.4 cm³/mol. The van der Waals surface area contributed by atoms with Crippen LogP contribution in [0.2, 0.25) is 0 Å². The van der Waals surface area contributed by atoms with E-state index in [1.54, 1.807) is 6.33 Å². The number of nitrogens with zero attached hydrogens (tertiary/aromatic N) is 4. The number of piperazine rings is 1. The van der Waals surface area contributed by atoms with Gasteiger partial charge in [-0.2, -0.15) is 0 Å². The van der Waals surface area contributed by atoms with Crippen molar-refractivity contribution in [2.45, 2.75) is 25.7 Å². The molecule has 0 unspecified atom stereocenters. The van der Waals surface area contributed by atoms with Gasteiger partial charge < -0.3 is 10.6 Å². The molecule has 0 radical (unpaired) electrons. The van der Waals surface area contributed by atoms with Crippen molar-refractivity contribution in [1.82, 2.24) is 14.9 Å². The van der Waals surface area contributed by atoms with Crippen molar-refractivity contribution >= 4 is 5.82 Å². The maximum absolute atomic E-state index is 5.57. The van der Waals surface area contributed by atoms with Crippen LogP contribution in [-0.4, -0.2) is 54.1 Å². The lowest BCUT2D eigenvalue weighted by Gasteiger charge is -2.36. The molecule has 0 saturated carbocycles. The van der Waals surface area contributed by atoms with E-state index < -0.39 is 0 Å². The van der Waals surface area contributed by atoms with Gasteiger partial charge in [-0.1, -0.05) is 0 Å². The Morgan fingerprint density at radius 2 is 1.95 bits per heavy atom. The minimum atomic E-state index is 0.791. The summed E-state index contributed by atoms with van der Waals surface area (Å²) in [4.78, 5) is 13.9. The summed E-state index contributed by atoms with van der Waals surface area (Å²) in [5.41, 5.74) is 8.25. The summed E-state index contributed by atoms with van der Waals surface area (Å²) in [6, 6.07) is 0. The van der Waals surface area contributed by atoms with Crippen LogP contribution in [0.4, 0.5) is 5.82 Å². The molecule has 1 aromatic rings. The minimum absolute atomic E-state index is 0.791. The van der Waals surface area contributed by atoms with Crippen LogP contribution in [0.15, 0.2) is 6.33 Å². The summed E-state index contributed by atoms with van der Waals surface area (Å²) in [6.07, 6.45) is 6.35. The Bertz CT molecular complexity index is 426. The maximum Gasteiger partial charge on any atom is 0.135 e. The lowest BCUT2D eigenvalue weighted by Crippen LogP contribution is -2.47. The highest BCUT2D eigenvalue weighted by Gasteiger charge is 2.23. The fraction of sp³-hybridized carbons (Fsp3) is 0.714. The molecule has 0 bridgehead atoms. The SMILES string of the molecule is NCCCN1CCN(c2ncnc3c2CCC3)CC1. The number of aromatic nitrogens is 2. The highest BCUT2D eigenvalue weighted by atomic mass is 15.3. The van der Waals surface area contributed by atoms with Gasteiger partial charge in [-0.05, 0) is 38.8 Å². The van der Waals surface area contributed by atoms with E-state index in [1.807, 2.05) is 0 Å². The van der Waals surface area contributed by atoms with Gasteiger partial charge >= 0.3 is 0 Å². The summed E-state index contributed by atoms with van der Waals surface area (Å²) in [5.74, 6) is 1.20. The Labute approximate surface area is 114 Å². The minimum Gasteiger partial charge on any atom is -0.354 e. The summed E-state index contributed by atoms with van der Waals surface area (Å²) >= 11 is 0. The summed E-state index contributed by atoms with van der Waals surface area (Å²) in [7, 11) is 0. The molecular weight excluding hydrogens is 238 g/mol. The molecule has 2 heterocycles. The average Bonchev–Trinajstić information content (AvgIpc) is 2.94. The van der Waals surface area contributed by atoms with Crippen molar-refractivity contribution in [1.29, 1.82) is 0 Å². The standard InChI is InChI=1S/C14H23N5/c15-5-2-6-18-7-9-19(10-8-18)14-12-3-1-4-13(12)16-11-17-14/h11H,1-10,15H2. The number of aryl methyl sites for hydroxylation is 1. The van der Waals surface area contributed by atoms with E-state index in [-0.39, 0.29) is 0 Å². The normalized spacial score (nSPS) is 19.7. The van der Waals surface area contributed by atoms with Gasteiger partial charge in [0.1, 0.15) is 12.1 Å². The van der Waals surface area contributed by atoms with Gasteiger partial charge in [-0.15, -0.1) is 0 Å². The van der Waals surface area contributed by atoms with Crippen molar-refractivity contribution in [2.75, 3.05) is 44.2 Å². The third kappa shape index (κ3) is 2.72. The number of hydrogen-bond acceptors (Lipinski definition) is 5. The van der Waals surface area contributed by atoms with Gasteiger partial charge in [0.2, 0.25) is 0 Å². The van der Waals surface area contributed by atoms with Crippen LogP contribution < -0.4 is 10.6 Å². The zero-order chi connectivity index (χ0) is 13.1. The van der Waals surface area contributed by atoms with Crippen molar-refractivity contribution in [3.05, 3.63) is 17.6 Å². The second-order valence-electron chi connectivity index (χ2n) is 5.45. The largest absolute Gasteiger partial charge is 0.354 e. The lowest BCUT2D eigenvalue weighted by atomic mass is 10.2. The molecule has 1 aliphatic carbocycles. The van der Waals surface area contributed by atoms with E-state index >= 15 is 0 Å². The van der Waals surface area contributed by atoms with E-state index in [2.05, 4.69) is 19.8 Å². The van der Waals surface area contributed by atoms with Gasteiger partial charge in [-0.3, -0.25) is 4.90 Å². The number of fused-ring (bicyclic) bond motifs is 1. The first kappa shape index (κ1) is 12.8. The smallest absolute Gasteiger partial charge is 0.135 e. The molecule has 0 spiro atoms. The Hall–Kier alpha value is -1.20. The molecule has 2 N–H and O–H groups in total. The molecule has 0 atom stereocenters. The topological polar surface area (TPSA) is 58.3 Å². The van der Waals surface area contributed by atoms with Crippen molar-refractivity contribution in [2.24, 2.45) is 5.73 Å². The van der Waals surface area contributed by atoms with Gasteiger partial charge in [0, 0.05) is 37.4 Å². The van der Waals surface area contributed by atoms with E-state index in [9.17, 15) is 0 Å². The lowest BCUT2D eigenvalue weighted by molar-refractivity contribution is 0.255. The van der Waals surface area contributed by atoms with Crippen LogP contribution in [0.25, 0.3) is 0 Å². The highest BCUT2D eigenvalue weighted by Crippen LogP contribution is 2.28. The monoisotopic (exact) mass is 261 g/mol. The van der Waals surface area contributed by atoms with E-state index in [0.29, 0.717) is 0 Å². The summed E-state index contributed by atoms with van der Waals surface area (Å²) in [5, 5.41) is 0. The molecule has 1 saturated heterocycles. The molecule has 2 aliphatic rings.